The van der Waals surface area contributed by atoms with Crippen molar-refractivity contribution in [1.29, 1.82) is 0 Å². The van der Waals surface area contributed by atoms with E-state index in [0.29, 0.717) is 18.2 Å². The summed E-state index contributed by atoms with van der Waals surface area (Å²) < 4.78 is 1.74. The number of imidazole rings is 1. The number of anilines is 1. The number of benzene rings is 1. The molecule has 0 aliphatic rings. The van der Waals surface area contributed by atoms with Gasteiger partial charge in [0.15, 0.2) is 0 Å². The van der Waals surface area contributed by atoms with Gasteiger partial charge >= 0.3 is 5.82 Å². The number of nitrogens with one attached hydrogen (secondary N) is 1. The predicted molar refractivity (Wildman–Crippen MR) is 74.7 cm³/mol. The fourth-order valence-electron chi connectivity index (χ4n) is 1.98. The zero-order valence-electron chi connectivity index (χ0n) is 11.1. The molecule has 0 saturated carbocycles. The Labute approximate surface area is 116 Å². The normalized spacial score (nSPS) is 10.5. The summed E-state index contributed by atoms with van der Waals surface area (Å²) in [6, 6.07) is 9.63. The first-order valence-electron chi connectivity index (χ1n) is 6.23. The van der Waals surface area contributed by atoms with Gasteiger partial charge < -0.3 is 20.5 Å². The Hall–Kier alpha value is -2.41. The van der Waals surface area contributed by atoms with Crippen LogP contribution in [0.5, 0.6) is 0 Å². The third-order valence-corrected chi connectivity index (χ3v) is 2.90. The van der Waals surface area contributed by atoms with Crippen molar-refractivity contribution in [3.63, 3.8) is 0 Å². The van der Waals surface area contributed by atoms with Crippen LogP contribution < -0.4 is 5.32 Å². The van der Waals surface area contributed by atoms with Crippen LogP contribution in [-0.2, 0) is 6.54 Å². The fourth-order valence-corrected chi connectivity index (χ4v) is 1.98. The molecule has 2 rings (SSSR count). The quantitative estimate of drug-likeness (QED) is 0.616. The molecule has 7 nitrogen and oxygen atoms in total. The lowest BCUT2D eigenvalue weighted by Gasteiger charge is -2.09. The van der Waals surface area contributed by atoms with Gasteiger partial charge in [-0.3, -0.25) is 4.57 Å². The van der Waals surface area contributed by atoms with Gasteiger partial charge in [0.2, 0.25) is 11.6 Å². The van der Waals surface area contributed by atoms with Crippen LogP contribution in [-0.4, -0.2) is 32.7 Å². The van der Waals surface area contributed by atoms with E-state index < -0.39 is 4.92 Å². The van der Waals surface area contributed by atoms with Crippen molar-refractivity contribution in [2.24, 2.45) is 0 Å². The predicted octanol–water partition coefficient (Wildman–Crippen LogP) is 1.55. The van der Waals surface area contributed by atoms with Crippen molar-refractivity contribution in [2.45, 2.75) is 13.5 Å². The zero-order chi connectivity index (χ0) is 14.5. The number of aromatic nitrogens is 2. The second kappa shape index (κ2) is 6.16. The second-order valence-corrected chi connectivity index (χ2v) is 4.31. The number of nitrogens with zero attached hydrogens (tertiary/aromatic N) is 3. The second-order valence-electron chi connectivity index (χ2n) is 4.31. The summed E-state index contributed by atoms with van der Waals surface area (Å²) in [6.45, 7) is 2.34. The van der Waals surface area contributed by atoms with Crippen molar-refractivity contribution >= 4 is 11.6 Å². The van der Waals surface area contributed by atoms with E-state index in [1.165, 1.54) is 0 Å². The molecule has 0 fully saturated rings. The summed E-state index contributed by atoms with van der Waals surface area (Å²) in [6.07, 6.45) is 0. The van der Waals surface area contributed by atoms with Gasteiger partial charge in [0, 0.05) is 13.5 Å². The summed E-state index contributed by atoms with van der Waals surface area (Å²) in [5, 5.41) is 22.8. The van der Waals surface area contributed by atoms with E-state index in [1.807, 2.05) is 30.3 Å². The van der Waals surface area contributed by atoms with E-state index >= 15 is 0 Å². The minimum Gasteiger partial charge on any atom is -0.395 e. The van der Waals surface area contributed by atoms with Crippen LogP contribution in [0.1, 0.15) is 11.4 Å². The first kappa shape index (κ1) is 14.0. The molecule has 20 heavy (non-hydrogen) atoms. The monoisotopic (exact) mass is 276 g/mol. The molecule has 0 atom stereocenters. The molecule has 1 aromatic heterocycles. The molecular weight excluding hydrogens is 260 g/mol. The Morgan fingerprint density at radius 3 is 2.70 bits per heavy atom. The van der Waals surface area contributed by atoms with E-state index in [0.717, 1.165) is 5.56 Å². The number of hydrogen-bond donors (Lipinski definition) is 2. The number of aliphatic hydroxyl groups is 1. The molecule has 0 amide bonds. The average molecular weight is 276 g/mol. The van der Waals surface area contributed by atoms with Gasteiger partial charge in [0.25, 0.3) is 0 Å². The molecule has 0 aliphatic heterocycles. The molecule has 0 saturated heterocycles. The smallest absolute Gasteiger partial charge is 0.395 e. The molecule has 0 spiro atoms. The maximum Gasteiger partial charge on any atom is 0.406 e. The van der Waals surface area contributed by atoms with Gasteiger partial charge in [-0.2, -0.15) is 0 Å². The summed E-state index contributed by atoms with van der Waals surface area (Å²) in [5.41, 5.74) is 1.02. The summed E-state index contributed by atoms with van der Waals surface area (Å²) in [4.78, 5) is 14.5. The molecule has 106 valence electrons. The third-order valence-electron chi connectivity index (χ3n) is 2.90. The average Bonchev–Trinajstić information content (AvgIpc) is 2.75. The van der Waals surface area contributed by atoms with Gasteiger partial charge in [-0.15, -0.1) is 0 Å². The van der Waals surface area contributed by atoms with Crippen molar-refractivity contribution in [1.82, 2.24) is 9.55 Å². The van der Waals surface area contributed by atoms with Gasteiger partial charge in [-0.05, 0) is 15.5 Å². The van der Waals surface area contributed by atoms with E-state index in [2.05, 4.69) is 10.3 Å². The molecule has 0 bridgehead atoms. The van der Waals surface area contributed by atoms with Crippen LogP contribution in [0, 0.1) is 17.0 Å². The Morgan fingerprint density at radius 1 is 1.40 bits per heavy atom. The van der Waals surface area contributed by atoms with Gasteiger partial charge in [0.1, 0.15) is 0 Å². The number of aryl methyl sites for hydroxylation is 1. The summed E-state index contributed by atoms with van der Waals surface area (Å²) >= 11 is 0. The maximum atomic E-state index is 11.0. The minimum absolute atomic E-state index is 0.104. The highest BCUT2D eigenvalue weighted by atomic mass is 16.6. The summed E-state index contributed by atoms with van der Waals surface area (Å²) in [7, 11) is 0. The van der Waals surface area contributed by atoms with Gasteiger partial charge in [-0.1, -0.05) is 30.3 Å². The Kier molecular flexibility index (Phi) is 4.31. The van der Waals surface area contributed by atoms with Crippen molar-refractivity contribution in [3.8, 4) is 0 Å². The van der Waals surface area contributed by atoms with Crippen LogP contribution >= 0.6 is 0 Å². The SMILES string of the molecule is Cc1nc([N+](=O)[O-])c(NCCO)n1Cc1ccccc1. The fraction of sp³-hybridized carbons (Fsp3) is 0.308. The topological polar surface area (TPSA) is 93.2 Å². The molecular formula is C13H16N4O3. The highest BCUT2D eigenvalue weighted by Gasteiger charge is 2.25. The molecule has 7 heteroatoms. The molecule has 0 aliphatic carbocycles. The lowest BCUT2D eigenvalue weighted by molar-refractivity contribution is -0.388. The molecule has 2 N–H and O–H groups in total. The highest BCUT2D eigenvalue weighted by Crippen LogP contribution is 2.25. The molecule has 0 unspecified atom stereocenters. The Morgan fingerprint density at radius 2 is 2.10 bits per heavy atom. The van der Waals surface area contributed by atoms with Crippen LogP contribution in [0.3, 0.4) is 0 Å². The van der Waals surface area contributed by atoms with Crippen molar-refractivity contribution in [2.75, 3.05) is 18.5 Å². The standard InChI is InChI=1S/C13H16N4O3/c1-10-15-13(17(19)20)12(14-7-8-18)16(10)9-11-5-3-2-4-6-11/h2-6,14,18H,7-9H2,1H3. The van der Waals surface area contributed by atoms with Gasteiger partial charge in [0.05, 0.1) is 13.2 Å². The number of nitro groups is 1. The maximum absolute atomic E-state index is 11.0. The molecule has 1 aromatic carbocycles. The number of rotatable bonds is 6. The highest BCUT2D eigenvalue weighted by molar-refractivity contribution is 5.54. The Bertz CT molecular complexity index is 595. The van der Waals surface area contributed by atoms with E-state index in [9.17, 15) is 10.1 Å². The van der Waals surface area contributed by atoms with Crippen molar-refractivity contribution in [3.05, 3.63) is 51.8 Å². The lowest BCUT2D eigenvalue weighted by atomic mass is 10.2. The van der Waals surface area contributed by atoms with E-state index in [-0.39, 0.29) is 19.0 Å². The third kappa shape index (κ3) is 2.94. The van der Waals surface area contributed by atoms with Crippen molar-refractivity contribution < 1.29 is 10.0 Å². The zero-order valence-corrected chi connectivity index (χ0v) is 11.1. The first-order chi connectivity index (χ1) is 9.63. The van der Waals surface area contributed by atoms with E-state index in [1.54, 1.807) is 11.5 Å². The number of aliphatic hydroxyl groups excluding tert-OH is 1. The van der Waals surface area contributed by atoms with Crippen LogP contribution in [0.15, 0.2) is 30.3 Å². The minimum atomic E-state index is -0.520. The van der Waals surface area contributed by atoms with Gasteiger partial charge in [-0.25, -0.2) is 0 Å². The van der Waals surface area contributed by atoms with E-state index in [4.69, 9.17) is 5.11 Å². The van der Waals surface area contributed by atoms with Crippen LogP contribution in [0.25, 0.3) is 0 Å². The Balaban J connectivity index is 2.37. The first-order valence-corrected chi connectivity index (χ1v) is 6.23. The molecule has 2 aromatic rings. The molecule has 1 heterocycles. The summed E-state index contributed by atoms with van der Waals surface area (Å²) in [5.74, 6) is 0.665. The van der Waals surface area contributed by atoms with Crippen LogP contribution in [0.4, 0.5) is 11.6 Å². The molecule has 0 radical (unpaired) electrons. The lowest BCUT2D eigenvalue weighted by Crippen LogP contribution is -2.13. The largest absolute Gasteiger partial charge is 0.406 e. The van der Waals surface area contributed by atoms with Crippen LogP contribution in [0.2, 0.25) is 0 Å². The number of hydrogen-bond acceptors (Lipinski definition) is 5.